The molecule has 0 aliphatic carbocycles. The van der Waals surface area contributed by atoms with Gasteiger partial charge in [0, 0.05) is 23.0 Å². The summed E-state index contributed by atoms with van der Waals surface area (Å²) in [5, 5.41) is 9.83. The van der Waals surface area contributed by atoms with Gasteiger partial charge in [0.25, 0.3) is 5.91 Å². The van der Waals surface area contributed by atoms with Crippen LogP contribution < -0.4 is 25.4 Å². The summed E-state index contributed by atoms with van der Waals surface area (Å²) >= 11 is 11.6. The van der Waals surface area contributed by atoms with Crippen LogP contribution in [0.1, 0.15) is 15.9 Å². The van der Waals surface area contributed by atoms with Gasteiger partial charge in [0.15, 0.2) is 5.11 Å². The van der Waals surface area contributed by atoms with Gasteiger partial charge in [0.05, 0.1) is 24.9 Å². The smallest absolute Gasteiger partial charge is 0.255 e. The molecule has 0 fully saturated rings. The topological polar surface area (TPSA) is 71.6 Å². The van der Waals surface area contributed by atoms with Crippen LogP contribution in [0.5, 0.6) is 11.5 Å². The monoisotopic (exact) mass is 455 g/mol. The molecule has 31 heavy (non-hydrogen) atoms. The lowest BCUT2D eigenvalue weighted by Gasteiger charge is -2.15. The summed E-state index contributed by atoms with van der Waals surface area (Å²) in [5.41, 5.74) is 3.60. The van der Waals surface area contributed by atoms with E-state index in [1.165, 1.54) is 7.11 Å². The molecule has 6 nitrogen and oxygen atoms in total. The number of ether oxygens (including phenoxy) is 2. The van der Waals surface area contributed by atoms with E-state index in [0.717, 1.165) is 11.3 Å². The van der Waals surface area contributed by atoms with Gasteiger partial charge in [0.1, 0.15) is 11.5 Å². The molecule has 160 valence electrons. The van der Waals surface area contributed by atoms with Gasteiger partial charge in [-0.2, -0.15) is 0 Å². The molecule has 0 aliphatic rings. The number of benzene rings is 3. The Kier molecular flexibility index (Phi) is 7.33. The fourth-order valence-electron chi connectivity index (χ4n) is 2.91. The van der Waals surface area contributed by atoms with Crippen LogP contribution in [0.4, 0.5) is 17.1 Å². The maximum atomic E-state index is 12.4. The first-order valence-corrected chi connectivity index (χ1v) is 10.2. The van der Waals surface area contributed by atoms with Crippen molar-refractivity contribution in [2.45, 2.75) is 6.92 Å². The average Bonchev–Trinajstić information content (AvgIpc) is 2.75. The standard InChI is InChI=1S/C23H22ClN3O3S/c1-14-6-4-5-7-17(14)22(28)25-15-8-10-16(11-9-15)26-23(31)27-19-12-18(24)20(29-2)13-21(19)30-3/h4-13H,1-3H3,(H,25,28)(H2,26,27,31). The molecule has 0 radical (unpaired) electrons. The highest BCUT2D eigenvalue weighted by Crippen LogP contribution is 2.36. The minimum atomic E-state index is -0.153. The van der Waals surface area contributed by atoms with Gasteiger partial charge in [-0.1, -0.05) is 29.8 Å². The molecule has 8 heteroatoms. The molecule has 0 aliphatic heterocycles. The number of carbonyl (C=O) groups is 1. The van der Waals surface area contributed by atoms with Gasteiger partial charge in [-0.15, -0.1) is 0 Å². The van der Waals surface area contributed by atoms with Crippen molar-refractivity contribution < 1.29 is 14.3 Å². The second-order valence-electron chi connectivity index (χ2n) is 6.61. The lowest BCUT2D eigenvalue weighted by molar-refractivity contribution is 0.102. The number of halogens is 1. The molecular formula is C23H22ClN3O3S. The quantitative estimate of drug-likeness (QED) is 0.412. The van der Waals surface area contributed by atoms with E-state index in [1.54, 1.807) is 37.4 Å². The summed E-state index contributed by atoms with van der Waals surface area (Å²) < 4.78 is 10.6. The van der Waals surface area contributed by atoms with Crippen LogP contribution in [-0.2, 0) is 0 Å². The van der Waals surface area contributed by atoms with E-state index in [-0.39, 0.29) is 5.91 Å². The number of nitrogens with one attached hydrogen (secondary N) is 3. The Labute approximate surface area is 191 Å². The first-order valence-electron chi connectivity index (χ1n) is 9.38. The summed E-state index contributed by atoms with van der Waals surface area (Å²) in [7, 11) is 3.08. The summed E-state index contributed by atoms with van der Waals surface area (Å²) in [6.07, 6.45) is 0. The van der Waals surface area contributed by atoms with Crippen molar-refractivity contribution in [2.24, 2.45) is 0 Å². The van der Waals surface area contributed by atoms with Crippen LogP contribution in [-0.4, -0.2) is 25.2 Å². The molecule has 0 saturated carbocycles. The van der Waals surface area contributed by atoms with Gasteiger partial charge in [-0.25, -0.2) is 0 Å². The second-order valence-corrected chi connectivity index (χ2v) is 7.43. The van der Waals surface area contributed by atoms with Gasteiger partial charge in [-0.3, -0.25) is 4.79 Å². The Hall–Kier alpha value is -3.29. The highest BCUT2D eigenvalue weighted by molar-refractivity contribution is 7.80. The minimum Gasteiger partial charge on any atom is -0.495 e. The third-order valence-electron chi connectivity index (χ3n) is 4.51. The van der Waals surface area contributed by atoms with E-state index in [4.69, 9.17) is 33.3 Å². The number of anilines is 3. The molecule has 1 amide bonds. The lowest BCUT2D eigenvalue weighted by atomic mass is 10.1. The predicted octanol–water partition coefficient (Wildman–Crippen LogP) is 5.73. The number of carbonyl (C=O) groups excluding carboxylic acids is 1. The van der Waals surface area contributed by atoms with Crippen molar-refractivity contribution in [3.63, 3.8) is 0 Å². The molecule has 3 aromatic rings. The molecule has 0 heterocycles. The normalized spacial score (nSPS) is 10.2. The average molecular weight is 456 g/mol. The van der Waals surface area contributed by atoms with Crippen molar-refractivity contribution in [3.8, 4) is 11.5 Å². The number of aryl methyl sites for hydroxylation is 1. The highest BCUT2D eigenvalue weighted by Gasteiger charge is 2.12. The van der Waals surface area contributed by atoms with E-state index < -0.39 is 0 Å². The van der Waals surface area contributed by atoms with E-state index in [1.807, 2.05) is 37.3 Å². The van der Waals surface area contributed by atoms with E-state index in [9.17, 15) is 4.79 Å². The number of methoxy groups -OCH3 is 2. The summed E-state index contributed by atoms with van der Waals surface area (Å²) in [6, 6.07) is 18.0. The Morgan fingerprint density at radius 1 is 0.871 bits per heavy atom. The molecule has 0 atom stereocenters. The van der Waals surface area contributed by atoms with E-state index in [2.05, 4.69) is 16.0 Å². The Balaban J connectivity index is 1.63. The van der Waals surface area contributed by atoms with Crippen LogP contribution in [0.2, 0.25) is 5.02 Å². The molecule has 0 aromatic heterocycles. The zero-order chi connectivity index (χ0) is 22.4. The zero-order valence-corrected chi connectivity index (χ0v) is 18.9. The van der Waals surface area contributed by atoms with Crippen LogP contribution in [0.3, 0.4) is 0 Å². The lowest BCUT2D eigenvalue weighted by Crippen LogP contribution is -2.19. The molecule has 0 bridgehead atoms. The molecule has 0 saturated heterocycles. The van der Waals surface area contributed by atoms with Crippen molar-refractivity contribution in [3.05, 3.63) is 76.8 Å². The van der Waals surface area contributed by atoms with E-state index >= 15 is 0 Å². The molecule has 0 unspecified atom stereocenters. The summed E-state index contributed by atoms with van der Waals surface area (Å²) in [5.74, 6) is 0.894. The largest absolute Gasteiger partial charge is 0.495 e. The van der Waals surface area contributed by atoms with Crippen LogP contribution in [0.15, 0.2) is 60.7 Å². The Bertz CT molecular complexity index is 1100. The van der Waals surface area contributed by atoms with Crippen LogP contribution >= 0.6 is 23.8 Å². The molecule has 3 rings (SSSR count). The van der Waals surface area contributed by atoms with Crippen molar-refractivity contribution in [2.75, 3.05) is 30.2 Å². The maximum absolute atomic E-state index is 12.4. The Morgan fingerprint density at radius 2 is 1.48 bits per heavy atom. The molecule has 0 spiro atoms. The third-order valence-corrected chi connectivity index (χ3v) is 5.01. The molecule has 3 aromatic carbocycles. The minimum absolute atomic E-state index is 0.153. The van der Waals surface area contributed by atoms with Crippen LogP contribution in [0, 0.1) is 6.92 Å². The van der Waals surface area contributed by atoms with Crippen molar-refractivity contribution >= 4 is 51.9 Å². The van der Waals surface area contributed by atoms with Gasteiger partial charge < -0.3 is 25.4 Å². The molecular weight excluding hydrogens is 434 g/mol. The van der Waals surface area contributed by atoms with Gasteiger partial charge in [-0.05, 0) is 61.1 Å². The van der Waals surface area contributed by atoms with Crippen molar-refractivity contribution in [1.29, 1.82) is 0 Å². The molecule has 3 N–H and O–H groups in total. The highest BCUT2D eigenvalue weighted by atomic mass is 35.5. The second kappa shape index (κ2) is 10.1. The third kappa shape index (κ3) is 5.65. The van der Waals surface area contributed by atoms with Gasteiger partial charge >= 0.3 is 0 Å². The number of hydrogen-bond donors (Lipinski definition) is 3. The first-order chi connectivity index (χ1) is 14.9. The zero-order valence-electron chi connectivity index (χ0n) is 17.3. The maximum Gasteiger partial charge on any atom is 0.255 e. The predicted molar refractivity (Wildman–Crippen MR) is 130 cm³/mol. The number of amides is 1. The van der Waals surface area contributed by atoms with Crippen LogP contribution in [0.25, 0.3) is 0 Å². The van der Waals surface area contributed by atoms with Gasteiger partial charge in [0.2, 0.25) is 0 Å². The van der Waals surface area contributed by atoms with E-state index in [0.29, 0.717) is 38.6 Å². The fourth-order valence-corrected chi connectivity index (χ4v) is 3.37. The fraction of sp³-hybridized carbons (Fsp3) is 0.130. The van der Waals surface area contributed by atoms with Crippen molar-refractivity contribution in [1.82, 2.24) is 0 Å². The number of thiocarbonyl (C=S) groups is 1. The Morgan fingerprint density at radius 3 is 2.10 bits per heavy atom. The number of rotatable bonds is 6. The summed E-state index contributed by atoms with van der Waals surface area (Å²) in [6.45, 7) is 1.90. The SMILES string of the molecule is COc1cc(OC)c(NC(=S)Nc2ccc(NC(=O)c3ccccc3C)cc2)cc1Cl. The first kappa shape index (κ1) is 22.4. The summed E-state index contributed by atoms with van der Waals surface area (Å²) in [4.78, 5) is 12.4. The number of hydrogen-bond acceptors (Lipinski definition) is 4.